The monoisotopic (exact) mass is 280 g/mol. The molecule has 1 amide bonds. The number of carbonyl (C=O) groups excluding carboxylic acids is 1. The van der Waals surface area contributed by atoms with Crippen molar-refractivity contribution >= 4 is 28.8 Å². The number of nitrogens with one attached hydrogen (secondary N) is 1. The molecule has 0 saturated carbocycles. The number of carbonyl (C=O) groups is 1. The molecule has 1 aromatic carbocycles. The highest BCUT2D eigenvalue weighted by atomic mass is 32.1. The molecule has 1 rings (SSSR count). The molecule has 0 aliphatic carbocycles. The summed E-state index contributed by atoms with van der Waals surface area (Å²) in [6, 6.07) is 7.07. The average Bonchev–Trinajstić information content (AvgIpc) is 2.36. The number of hydrogen-bond acceptors (Lipinski definition) is 3. The molecule has 19 heavy (non-hydrogen) atoms. The Kier molecular flexibility index (Phi) is 5.92. The first kappa shape index (κ1) is 15.6. The third-order valence-corrected chi connectivity index (χ3v) is 3.11. The predicted molar refractivity (Wildman–Crippen MR) is 81.2 cm³/mol. The van der Waals surface area contributed by atoms with Gasteiger partial charge in [-0.3, -0.25) is 4.79 Å². The zero-order chi connectivity index (χ0) is 14.4. The maximum absolute atomic E-state index is 11.7. The van der Waals surface area contributed by atoms with E-state index in [9.17, 15) is 4.79 Å². The predicted octanol–water partition coefficient (Wildman–Crippen LogP) is 2.32. The van der Waals surface area contributed by atoms with Gasteiger partial charge in [-0.15, -0.1) is 0 Å². The minimum Gasteiger partial charge on any atom is -0.389 e. The standard InChI is InChI=1S/C14H20N2O2S/c1-9(2)10(3)18-8-13(17)16-12-6-4-11(5-7-12)14(15)19/h4-7,9-10H,8H2,1-3H3,(H2,15,19)(H,16,17). The highest BCUT2D eigenvalue weighted by molar-refractivity contribution is 7.80. The molecule has 0 fully saturated rings. The van der Waals surface area contributed by atoms with Crippen LogP contribution in [0.25, 0.3) is 0 Å². The summed E-state index contributed by atoms with van der Waals surface area (Å²) in [6.45, 7) is 6.11. The summed E-state index contributed by atoms with van der Waals surface area (Å²) in [7, 11) is 0. The van der Waals surface area contributed by atoms with Crippen molar-refractivity contribution in [3.8, 4) is 0 Å². The van der Waals surface area contributed by atoms with Gasteiger partial charge in [0.05, 0.1) is 6.10 Å². The van der Waals surface area contributed by atoms with Crippen molar-refractivity contribution in [3.63, 3.8) is 0 Å². The lowest BCUT2D eigenvalue weighted by Crippen LogP contribution is -2.24. The van der Waals surface area contributed by atoms with Gasteiger partial charge in [0, 0.05) is 11.3 Å². The van der Waals surface area contributed by atoms with E-state index in [0.29, 0.717) is 16.6 Å². The van der Waals surface area contributed by atoms with E-state index in [-0.39, 0.29) is 18.6 Å². The summed E-state index contributed by atoms with van der Waals surface area (Å²) >= 11 is 4.86. The van der Waals surface area contributed by atoms with Crippen molar-refractivity contribution < 1.29 is 9.53 Å². The summed E-state index contributed by atoms with van der Waals surface area (Å²) in [5, 5.41) is 2.75. The fourth-order valence-corrected chi connectivity index (χ4v) is 1.45. The number of nitrogens with two attached hydrogens (primary N) is 1. The maximum atomic E-state index is 11.7. The molecule has 0 aromatic heterocycles. The minimum absolute atomic E-state index is 0.0520. The van der Waals surface area contributed by atoms with Gasteiger partial charge in [-0.05, 0) is 37.1 Å². The lowest BCUT2D eigenvalue weighted by Gasteiger charge is -2.16. The van der Waals surface area contributed by atoms with Crippen LogP contribution in [0.5, 0.6) is 0 Å². The number of thiocarbonyl (C=S) groups is 1. The van der Waals surface area contributed by atoms with Crippen molar-refractivity contribution in [1.82, 2.24) is 0 Å². The fraction of sp³-hybridized carbons (Fsp3) is 0.429. The molecular formula is C14H20N2O2S. The van der Waals surface area contributed by atoms with E-state index in [1.165, 1.54) is 0 Å². The number of ether oxygens (including phenoxy) is 1. The van der Waals surface area contributed by atoms with E-state index in [1.807, 2.05) is 6.92 Å². The first-order chi connectivity index (χ1) is 8.90. The van der Waals surface area contributed by atoms with Crippen molar-refractivity contribution in [2.24, 2.45) is 11.7 Å². The van der Waals surface area contributed by atoms with Gasteiger partial charge >= 0.3 is 0 Å². The lowest BCUT2D eigenvalue weighted by molar-refractivity contribution is -0.123. The molecule has 3 N–H and O–H groups in total. The van der Waals surface area contributed by atoms with Crippen LogP contribution >= 0.6 is 12.2 Å². The third kappa shape index (κ3) is 5.36. The Bertz CT molecular complexity index is 443. The lowest BCUT2D eigenvalue weighted by atomic mass is 10.1. The number of anilines is 1. The Labute approximate surface area is 119 Å². The first-order valence-corrected chi connectivity index (χ1v) is 6.62. The van der Waals surface area contributed by atoms with Crippen LogP contribution in [-0.2, 0) is 9.53 Å². The van der Waals surface area contributed by atoms with Gasteiger partial charge < -0.3 is 15.8 Å². The first-order valence-electron chi connectivity index (χ1n) is 6.21. The highest BCUT2D eigenvalue weighted by Crippen LogP contribution is 2.10. The number of hydrogen-bond donors (Lipinski definition) is 2. The normalized spacial score (nSPS) is 12.2. The van der Waals surface area contributed by atoms with Gasteiger partial charge in [-0.1, -0.05) is 26.1 Å². The zero-order valence-corrected chi connectivity index (χ0v) is 12.3. The zero-order valence-electron chi connectivity index (χ0n) is 11.5. The van der Waals surface area contributed by atoms with Gasteiger partial charge in [0.25, 0.3) is 0 Å². The Morgan fingerprint density at radius 2 is 1.89 bits per heavy atom. The topological polar surface area (TPSA) is 64.3 Å². The SMILES string of the molecule is CC(C)C(C)OCC(=O)Nc1ccc(C(N)=S)cc1. The van der Waals surface area contributed by atoms with Crippen LogP contribution in [0.4, 0.5) is 5.69 Å². The number of benzene rings is 1. The van der Waals surface area contributed by atoms with Gasteiger partial charge in [0.2, 0.25) is 5.91 Å². The van der Waals surface area contributed by atoms with E-state index in [4.69, 9.17) is 22.7 Å². The quantitative estimate of drug-likeness (QED) is 0.785. The summed E-state index contributed by atoms with van der Waals surface area (Å²) in [5.41, 5.74) is 6.97. The van der Waals surface area contributed by atoms with Crippen LogP contribution in [0.3, 0.4) is 0 Å². The van der Waals surface area contributed by atoms with Gasteiger partial charge in [-0.25, -0.2) is 0 Å². The van der Waals surface area contributed by atoms with E-state index < -0.39 is 0 Å². The summed E-state index contributed by atoms with van der Waals surface area (Å²) < 4.78 is 5.45. The molecule has 104 valence electrons. The van der Waals surface area contributed by atoms with Crippen molar-refractivity contribution in [2.75, 3.05) is 11.9 Å². The maximum Gasteiger partial charge on any atom is 0.250 e. The number of rotatable bonds is 6. The van der Waals surface area contributed by atoms with Gasteiger partial charge in [-0.2, -0.15) is 0 Å². The molecule has 0 heterocycles. The van der Waals surface area contributed by atoms with Crippen molar-refractivity contribution in [1.29, 1.82) is 0 Å². The van der Waals surface area contributed by atoms with Crippen LogP contribution in [-0.4, -0.2) is 23.6 Å². The third-order valence-electron chi connectivity index (χ3n) is 2.87. The molecule has 5 heteroatoms. The van der Waals surface area contributed by atoms with Crippen LogP contribution < -0.4 is 11.1 Å². The molecule has 1 aromatic rings. The second-order valence-electron chi connectivity index (χ2n) is 4.75. The van der Waals surface area contributed by atoms with E-state index in [2.05, 4.69) is 19.2 Å². The molecule has 0 spiro atoms. The smallest absolute Gasteiger partial charge is 0.250 e. The van der Waals surface area contributed by atoms with E-state index >= 15 is 0 Å². The van der Waals surface area contributed by atoms with E-state index in [1.54, 1.807) is 24.3 Å². The molecule has 0 aliphatic heterocycles. The molecule has 4 nitrogen and oxygen atoms in total. The Hall–Kier alpha value is -1.46. The molecule has 1 atom stereocenters. The van der Waals surface area contributed by atoms with Crippen LogP contribution in [0.1, 0.15) is 26.3 Å². The Balaban J connectivity index is 2.46. The van der Waals surface area contributed by atoms with Gasteiger partial charge in [0.15, 0.2) is 0 Å². The van der Waals surface area contributed by atoms with Crippen molar-refractivity contribution in [2.45, 2.75) is 26.9 Å². The summed E-state index contributed by atoms with van der Waals surface area (Å²) in [5.74, 6) is 0.216. The Morgan fingerprint density at radius 1 is 1.32 bits per heavy atom. The minimum atomic E-state index is -0.171. The summed E-state index contributed by atoms with van der Waals surface area (Å²) in [4.78, 5) is 12.0. The molecule has 1 unspecified atom stereocenters. The molecule has 0 aliphatic rings. The second kappa shape index (κ2) is 7.21. The second-order valence-corrected chi connectivity index (χ2v) is 5.19. The van der Waals surface area contributed by atoms with Crippen molar-refractivity contribution in [3.05, 3.63) is 29.8 Å². The summed E-state index contributed by atoms with van der Waals surface area (Å²) in [6.07, 6.45) is 0.0581. The molecule has 0 bridgehead atoms. The highest BCUT2D eigenvalue weighted by Gasteiger charge is 2.10. The van der Waals surface area contributed by atoms with Crippen LogP contribution in [0.2, 0.25) is 0 Å². The average molecular weight is 280 g/mol. The molecular weight excluding hydrogens is 260 g/mol. The van der Waals surface area contributed by atoms with Gasteiger partial charge in [0.1, 0.15) is 11.6 Å². The Morgan fingerprint density at radius 3 is 2.37 bits per heavy atom. The number of amides is 1. The largest absolute Gasteiger partial charge is 0.389 e. The van der Waals surface area contributed by atoms with Crippen LogP contribution in [0, 0.1) is 5.92 Å². The molecule has 0 saturated heterocycles. The van der Waals surface area contributed by atoms with Crippen LogP contribution in [0.15, 0.2) is 24.3 Å². The fourth-order valence-electron chi connectivity index (χ4n) is 1.31. The molecule has 0 radical (unpaired) electrons. The van der Waals surface area contributed by atoms with E-state index in [0.717, 1.165) is 5.56 Å².